The molecule has 34 heavy (non-hydrogen) atoms. The first-order chi connectivity index (χ1) is 16.4. The molecule has 0 aliphatic heterocycles. The number of furan rings is 1. The van der Waals surface area contributed by atoms with Crippen LogP contribution in [-0.4, -0.2) is 16.6 Å². The number of allylic oxidation sites excluding steroid dienone is 1. The molecule has 7 heteroatoms. The fourth-order valence-electron chi connectivity index (χ4n) is 3.35. The molecule has 0 bridgehead atoms. The number of aryl methyl sites for hydroxylation is 1. The fraction of sp³-hybridized carbons (Fsp3) is 0.0370. The average Bonchev–Trinajstić information content (AvgIpc) is 3.32. The van der Waals surface area contributed by atoms with Gasteiger partial charge >= 0.3 is 0 Å². The molecule has 3 aromatic carbocycles. The molecule has 4 aromatic rings. The summed E-state index contributed by atoms with van der Waals surface area (Å²) in [6.45, 7) is 1.78. The zero-order valence-corrected chi connectivity index (χ0v) is 18.2. The Hall–Kier alpha value is -4.78. The van der Waals surface area contributed by atoms with Crippen molar-refractivity contribution in [2.24, 2.45) is 0 Å². The van der Waals surface area contributed by atoms with Crippen molar-refractivity contribution in [3.8, 4) is 11.3 Å². The van der Waals surface area contributed by atoms with E-state index in [1.165, 1.54) is 18.2 Å². The average molecular weight is 452 g/mol. The van der Waals surface area contributed by atoms with Crippen LogP contribution in [0.3, 0.4) is 0 Å². The lowest BCUT2D eigenvalue weighted by Gasteiger charge is -2.05. The predicted molar refractivity (Wildman–Crippen MR) is 130 cm³/mol. The lowest BCUT2D eigenvalue weighted by Crippen LogP contribution is -2.11. The van der Waals surface area contributed by atoms with Gasteiger partial charge in [-0.1, -0.05) is 24.3 Å². The Balaban J connectivity index is 1.43. The zero-order valence-electron chi connectivity index (χ0n) is 18.2. The third-order valence-corrected chi connectivity index (χ3v) is 5.10. The van der Waals surface area contributed by atoms with Crippen molar-refractivity contribution in [1.82, 2.24) is 0 Å². The van der Waals surface area contributed by atoms with Crippen molar-refractivity contribution in [3.05, 3.63) is 124 Å². The Kier molecular flexibility index (Phi) is 6.45. The van der Waals surface area contributed by atoms with E-state index in [1.807, 2.05) is 6.07 Å². The number of carbonyl (C=O) groups excluding carboxylic acids is 2. The standard InChI is InChI=1S/C27H20N2O5/c1-18-7-14-23(24(17-18)29(32)33)26-16-13-22(34-26)12-15-25(30)19-8-10-21(11-9-19)28-27(31)20-5-3-2-4-6-20/h2-17H,1H3,(H,28,31). The third-order valence-electron chi connectivity index (χ3n) is 5.10. The van der Waals surface area contributed by atoms with Gasteiger partial charge in [0.1, 0.15) is 11.5 Å². The van der Waals surface area contributed by atoms with Crippen molar-refractivity contribution in [2.45, 2.75) is 6.92 Å². The molecule has 1 amide bonds. The second kappa shape index (κ2) is 9.79. The first-order valence-electron chi connectivity index (χ1n) is 10.4. The summed E-state index contributed by atoms with van der Waals surface area (Å²) >= 11 is 0. The van der Waals surface area contributed by atoms with E-state index in [-0.39, 0.29) is 17.4 Å². The van der Waals surface area contributed by atoms with Gasteiger partial charge in [0.25, 0.3) is 11.6 Å². The molecule has 0 saturated carbocycles. The van der Waals surface area contributed by atoms with Gasteiger partial charge in [0, 0.05) is 22.9 Å². The minimum absolute atomic E-state index is 0.0413. The molecule has 4 rings (SSSR count). The van der Waals surface area contributed by atoms with Crippen molar-refractivity contribution < 1.29 is 18.9 Å². The molecule has 0 saturated heterocycles. The van der Waals surface area contributed by atoms with Crippen molar-refractivity contribution in [3.63, 3.8) is 0 Å². The van der Waals surface area contributed by atoms with Crippen LogP contribution >= 0.6 is 0 Å². The van der Waals surface area contributed by atoms with E-state index >= 15 is 0 Å². The summed E-state index contributed by atoms with van der Waals surface area (Å²) in [6.07, 6.45) is 2.88. The normalized spacial score (nSPS) is 10.9. The SMILES string of the molecule is Cc1ccc(-c2ccc(C=CC(=O)c3ccc(NC(=O)c4ccccc4)cc3)o2)c([N+](=O)[O-])c1. The smallest absolute Gasteiger partial charge is 0.280 e. The lowest BCUT2D eigenvalue weighted by atomic mass is 10.1. The van der Waals surface area contributed by atoms with E-state index in [2.05, 4.69) is 5.32 Å². The summed E-state index contributed by atoms with van der Waals surface area (Å²) in [4.78, 5) is 35.7. The predicted octanol–water partition coefficient (Wildman–Crippen LogP) is 6.31. The van der Waals surface area contributed by atoms with Crippen LogP contribution in [0.25, 0.3) is 17.4 Å². The third kappa shape index (κ3) is 5.16. The number of rotatable bonds is 7. The van der Waals surface area contributed by atoms with E-state index in [9.17, 15) is 19.7 Å². The minimum atomic E-state index is -0.449. The van der Waals surface area contributed by atoms with Crippen LogP contribution in [0.5, 0.6) is 0 Å². The zero-order chi connectivity index (χ0) is 24.1. The number of ketones is 1. The molecular weight excluding hydrogens is 432 g/mol. The molecule has 168 valence electrons. The number of hydrogen-bond acceptors (Lipinski definition) is 5. The molecule has 0 aliphatic carbocycles. The topological polar surface area (TPSA) is 102 Å². The number of nitro groups is 1. The second-order valence-corrected chi connectivity index (χ2v) is 7.57. The van der Waals surface area contributed by atoms with Crippen molar-refractivity contribution >= 4 is 29.1 Å². The highest BCUT2D eigenvalue weighted by molar-refractivity contribution is 6.07. The first kappa shape index (κ1) is 22.4. The summed E-state index contributed by atoms with van der Waals surface area (Å²) in [5.41, 5.74) is 2.66. The maximum absolute atomic E-state index is 12.5. The van der Waals surface area contributed by atoms with Crippen LogP contribution in [0.4, 0.5) is 11.4 Å². The van der Waals surface area contributed by atoms with Gasteiger partial charge in [0.15, 0.2) is 5.78 Å². The number of amides is 1. The molecule has 0 fully saturated rings. The van der Waals surface area contributed by atoms with Crippen molar-refractivity contribution in [2.75, 3.05) is 5.32 Å². The van der Waals surface area contributed by atoms with Gasteiger partial charge in [-0.05, 0) is 79.2 Å². The summed E-state index contributed by atoms with van der Waals surface area (Å²) < 4.78 is 5.70. The van der Waals surface area contributed by atoms with Crippen molar-refractivity contribution in [1.29, 1.82) is 0 Å². The van der Waals surface area contributed by atoms with Gasteiger partial charge in [0.05, 0.1) is 10.5 Å². The number of anilines is 1. The molecule has 1 heterocycles. The van der Waals surface area contributed by atoms with Gasteiger partial charge in [-0.15, -0.1) is 0 Å². The van der Waals surface area contributed by atoms with E-state index in [1.54, 1.807) is 79.7 Å². The molecule has 7 nitrogen and oxygen atoms in total. The Labute approximate surface area is 195 Å². The first-order valence-corrected chi connectivity index (χ1v) is 10.4. The number of nitro benzene ring substituents is 1. The maximum Gasteiger partial charge on any atom is 0.280 e. The molecule has 1 aromatic heterocycles. The molecule has 0 spiro atoms. The van der Waals surface area contributed by atoms with E-state index in [4.69, 9.17) is 4.42 Å². The summed E-state index contributed by atoms with van der Waals surface area (Å²) in [5.74, 6) is 0.254. The number of benzene rings is 3. The highest BCUT2D eigenvalue weighted by Crippen LogP contribution is 2.32. The Morgan fingerprint density at radius 2 is 1.65 bits per heavy atom. The van der Waals surface area contributed by atoms with Crippen LogP contribution in [0.2, 0.25) is 0 Å². The molecule has 0 atom stereocenters. The Bertz CT molecular complexity index is 1390. The summed E-state index contributed by atoms with van der Waals surface area (Å²) in [7, 11) is 0. The molecule has 0 unspecified atom stereocenters. The van der Waals surface area contributed by atoms with Crippen LogP contribution in [0.1, 0.15) is 32.0 Å². The van der Waals surface area contributed by atoms with E-state index < -0.39 is 4.92 Å². The summed E-state index contributed by atoms with van der Waals surface area (Å²) in [5, 5.41) is 14.1. The van der Waals surface area contributed by atoms with Gasteiger partial charge < -0.3 is 9.73 Å². The van der Waals surface area contributed by atoms with Crippen LogP contribution in [0, 0.1) is 17.0 Å². The second-order valence-electron chi connectivity index (χ2n) is 7.57. The quantitative estimate of drug-likeness (QED) is 0.153. The van der Waals surface area contributed by atoms with Crippen LogP contribution in [-0.2, 0) is 0 Å². The van der Waals surface area contributed by atoms with Gasteiger partial charge in [-0.2, -0.15) is 0 Å². The van der Waals surface area contributed by atoms with Gasteiger partial charge in [0.2, 0.25) is 0 Å². The van der Waals surface area contributed by atoms with Crippen LogP contribution < -0.4 is 5.32 Å². The lowest BCUT2D eigenvalue weighted by molar-refractivity contribution is -0.384. The highest BCUT2D eigenvalue weighted by atomic mass is 16.6. The Morgan fingerprint density at radius 1 is 0.912 bits per heavy atom. The monoisotopic (exact) mass is 452 g/mol. The minimum Gasteiger partial charge on any atom is -0.456 e. The van der Waals surface area contributed by atoms with Gasteiger partial charge in [-0.25, -0.2) is 0 Å². The molecular formula is C27H20N2O5. The van der Waals surface area contributed by atoms with E-state index in [0.717, 1.165) is 5.56 Å². The molecule has 0 radical (unpaired) electrons. The highest BCUT2D eigenvalue weighted by Gasteiger charge is 2.18. The number of carbonyl (C=O) groups is 2. The molecule has 1 N–H and O–H groups in total. The summed E-state index contributed by atoms with van der Waals surface area (Å²) in [6, 6.07) is 23.6. The van der Waals surface area contributed by atoms with Gasteiger partial charge in [-0.3, -0.25) is 19.7 Å². The number of hydrogen-bond donors (Lipinski definition) is 1. The van der Waals surface area contributed by atoms with E-state index in [0.29, 0.717) is 33.9 Å². The largest absolute Gasteiger partial charge is 0.456 e. The molecule has 0 aliphatic rings. The Morgan fingerprint density at radius 3 is 2.35 bits per heavy atom. The fourth-order valence-corrected chi connectivity index (χ4v) is 3.35. The van der Waals surface area contributed by atoms with Crippen LogP contribution in [0.15, 0.2) is 95.4 Å². The number of nitrogens with one attached hydrogen (secondary N) is 1. The maximum atomic E-state index is 12.5. The number of nitrogens with zero attached hydrogens (tertiary/aromatic N) is 1.